The van der Waals surface area contributed by atoms with Crippen molar-refractivity contribution in [3.63, 3.8) is 0 Å². The quantitative estimate of drug-likeness (QED) is 0.350. The average molecular weight is 443 g/mol. The monoisotopic (exact) mass is 442 g/mol. The maximum Gasteiger partial charge on any atom is 0.331 e. The fourth-order valence-electron chi connectivity index (χ4n) is 8.61. The summed E-state index contributed by atoms with van der Waals surface area (Å²) in [7, 11) is 0. The van der Waals surface area contributed by atoms with Crippen molar-refractivity contribution in [2.45, 2.75) is 82.0 Å². The summed E-state index contributed by atoms with van der Waals surface area (Å²) < 4.78 is 5.19. The Morgan fingerprint density at radius 2 is 1.97 bits per heavy atom. The van der Waals surface area contributed by atoms with Crippen LogP contribution in [0.15, 0.2) is 16.6 Å². The molecule has 7 heteroatoms. The van der Waals surface area contributed by atoms with E-state index >= 15 is 0 Å². The Kier molecular flexibility index (Phi) is 5.09. The number of fused-ring (bicyclic) bond motifs is 5. The van der Waals surface area contributed by atoms with Crippen molar-refractivity contribution in [2.24, 2.45) is 33.6 Å². The maximum absolute atomic E-state index is 12.3. The second kappa shape index (κ2) is 7.38. The highest BCUT2D eigenvalue weighted by atomic mass is 16.5. The Balaban J connectivity index is 1.53. The number of esters is 1. The van der Waals surface area contributed by atoms with E-state index in [4.69, 9.17) is 10.00 Å². The third-order valence-corrected chi connectivity index (χ3v) is 10.1. The van der Waals surface area contributed by atoms with Gasteiger partial charge >= 0.3 is 5.97 Å². The Labute approximate surface area is 189 Å². The van der Waals surface area contributed by atoms with Gasteiger partial charge in [0.2, 0.25) is 0 Å². The van der Waals surface area contributed by atoms with Gasteiger partial charge in [0.25, 0.3) is 0 Å². The normalized spacial score (nSPS) is 50.2. The lowest BCUT2D eigenvalue weighted by Crippen LogP contribution is -2.68. The van der Waals surface area contributed by atoms with Crippen LogP contribution in [0, 0.1) is 39.9 Å². The van der Waals surface area contributed by atoms with Gasteiger partial charge in [-0.3, -0.25) is 4.99 Å². The van der Waals surface area contributed by atoms with Gasteiger partial charge in [0.1, 0.15) is 13.2 Å². The molecule has 4 aliphatic carbocycles. The third-order valence-electron chi connectivity index (χ3n) is 10.1. The van der Waals surface area contributed by atoms with Gasteiger partial charge in [0, 0.05) is 29.5 Å². The van der Waals surface area contributed by atoms with Crippen LogP contribution in [0.25, 0.3) is 0 Å². The van der Waals surface area contributed by atoms with Crippen molar-refractivity contribution in [1.29, 1.82) is 5.26 Å². The van der Waals surface area contributed by atoms with Gasteiger partial charge in [-0.1, -0.05) is 6.92 Å². The summed E-state index contributed by atoms with van der Waals surface area (Å²) in [6.45, 7) is 2.54. The first-order valence-corrected chi connectivity index (χ1v) is 12.1. The molecule has 4 fully saturated rings. The molecule has 0 unspecified atom stereocenters. The SMILES string of the molecule is C[C@]12CC[C@H]3[C@H](CC[C@]4(O)C[C@H](O)CC[C@]34C=NCC#N)[C@@]1(O)CC[C@H]2C1=CC(=O)OC1. The summed E-state index contributed by atoms with van der Waals surface area (Å²) in [5, 5.41) is 43.5. The molecule has 0 bridgehead atoms. The molecule has 1 heterocycles. The zero-order chi connectivity index (χ0) is 22.8. The summed E-state index contributed by atoms with van der Waals surface area (Å²) in [5.41, 5.74) is -1.93. The molecule has 0 radical (unpaired) electrons. The molecule has 1 aliphatic heterocycles. The molecule has 174 valence electrons. The number of nitriles is 1. The van der Waals surface area contributed by atoms with Crippen molar-refractivity contribution in [1.82, 2.24) is 0 Å². The van der Waals surface area contributed by atoms with Gasteiger partial charge in [0.05, 0.1) is 23.4 Å². The highest BCUT2D eigenvalue weighted by molar-refractivity contribution is 5.85. The van der Waals surface area contributed by atoms with Crippen molar-refractivity contribution >= 4 is 12.2 Å². The molecular weight excluding hydrogens is 408 g/mol. The van der Waals surface area contributed by atoms with Crippen LogP contribution in [0.5, 0.6) is 0 Å². The highest BCUT2D eigenvalue weighted by Gasteiger charge is 2.71. The van der Waals surface area contributed by atoms with E-state index in [-0.39, 0.29) is 35.7 Å². The predicted octanol–water partition coefficient (Wildman–Crippen LogP) is 2.29. The van der Waals surface area contributed by atoms with E-state index in [0.29, 0.717) is 45.1 Å². The lowest BCUT2D eigenvalue weighted by molar-refractivity contribution is -0.237. The summed E-state index contributed by atoms with van der Waals surface area (Å²) in [5.74, 6) is -0.113. The number of carbonyl (C=O) groups is 1. The number of rotatable bonds is 3. The lowest BCUT2D eigenvalue weighted by atomic mass is 9.41. The van der Waals surface area contributed by atoms with E-state index in [1.54, 1.807) is 6.08 Å². The van der Waals surface area contributed by atoms with E-state index in [2.05, 4.69) is 18.0 Å². The largest absolute Gasteiger partial charge is 0.458 e. The molecule has 5 aliphatic rings. The minimum absolute atomic E-state index is 0.00827. The van der Waals surface area contributed by atoms with Crippen LogP contribution in [0.1, 0.15) is 64.7 Å². The van der Waals surface area contributed by atoms with Gasteiger partial charge in [-0.15, -0.1) is 0 Å². The summed E-state index contributed by atoms with van der Waals surface area (Å²) in [6, 6.07) is 2.06. The second-order valence-corrected chi connectivity index (χ2v) is 11.1. The molecule has 4 saturated carbocycles. The van der Waals surface area contributed by atoms with Crippen molar-refractivity contribution in [2.75, 3.05) is 13.2 Å². The molecule has 7 nitrogen and oxygen atoms in total. The second-order valence-electron chi connectivity index (χ2n) is 11.1. The van der Waals surface area contributed by atoms with Crippen molar-refractivity contribution < 1.29 is 24.9 Å². The van der Waals surface area contributed by atoms with Crippen LogP contribution in [0.4, 0.5) is 0 Å². The summed E-state index contributed by atoms with van der Waals surface area (Å²) in [4.78, 5) is 16.1. The standard InChI is InChI=1S/C25H34N2O5/c1-22-6-3-19-20(25(22,31)9-5-18(22)16-12-21(29)32-14-16)4-8-24(30)13-17(28)2-7-23(19,24)15-27-11-10-26/h12,15,17-20,28,30-31H,2-9,11,13-14H2,1H3/t17-,18+,19+,20+,22-,23+,24+,25+/m1/s1. The molecule has 3 N–H and O–H groups in total. The zero-order valence-corrected chi connectivity index (χ0v) is 18.8. The average Bonchev–Trinajstić information content (AvgIpc) is 3.28. The van der Waals surface area contributed by atoms with E-state index in [0.717, 1.165) is 24.8 Å². The van der Waals surface area contributed by atoms with Crippen molar-refractivity contribution in [3.8, 4) is 6.07 Å². The van der Waals surface area contributed by atoms with Crippen LogP contribution in [-0.4, -0.2) is 58.0 Å². The number of aliphatic imine (C=N–C) groups is 1. The first-order chi connectivity index (χ1) is 15.2. The number of ether oxygens (including phenoxy) is 1. The molecule has 8 atom stereocenters. The van der Waals surface area contributed by atoms with E-state index in [1.165, 1.54) is 0 Å². The maximum atomic E-state index is 12.3. The van der Waals surface area contributed by atoms with Gasteiger partial charge in [-0.05, 0) is 74.7 Å². The number of hydrogen-bond acceptors (Lipinski definition) is 7. The van der Waals surface area contributed by atoms with Gasteiger partial charge in [-0.2, -0.15) is 5.26 Å². The molecule has 0 aromatic heterocycles. The van der Waals surface area contributed by atoms with Crippen LogP contribution >= 0.6 is 0 Å². The number of aliphatic hydroxyl groups is 3. The minimum Gasteiger partial charge on any atom is -0.458 e. The number of aliphatic hydroxyl groups excluding tert-OH is 1. The van der Waals surface area contributed by atoms with Gasteiger partial charge < -0.3 is 20.1 Å². The topological polar surface area (TPSA) is 123 Å². The number of nitrogens with zero attached hydrogens (tertiary/aromatic N) is 2. The first-order valence-electron chi connectivity index (χ1n) is 12.1. The number of cyclic esters (lactones) is 1. The van der Waals surface area contributed by atoms with E-state index < -0.39 is 22.7 Å². The van der Waals surface area contributed by atoms with E-state index in [1.807, 2.05) is 6.21 Å². The lowest BCUT2D eigenvalue weighted by Gasteiger charge is -2.65. The van der Waals surface area contributed by atoms with Gasteiger partial charge in [-0.25, -0.2) is 4.79 Å². The summed E-state index contributed by atoms with van der Waals surface area (Å²) in [6.07, 6.45) is 8.80. The fourth-order valence-corrected chi connectivity index (χ4v) is 8.61. The molecule has 0 saturated heterocycles. The molecule has 0 aromatic rings. The fraction of sp³-hybridized carbons (Fsp3) is 0.800. The Morgan fingerprint density at radius 1 is 1.19 bits per heavy atom. The zero-order valence-electron chi connectivity index (χ0n) is 18.8. The van der Waals surface area contributed by atoms with Gasteiger partial charge in [0.15, 0.2) is 0 Å². The Hall–Kier alpha value is -1.75. The minimum atomic E-state index is -1.07. The molecule has 0 amide bonds. The number of hydrogen-bond donors (Lipinski definition) is 3. The number of carbonyl (C=O) groups excluding carboxylic acids is 1. The van der Waals surface area contributed by atoms with Crippen LogP contribution < -0.4 is 0 Å². The van der Waals surface area contributed by atoms with E-state index in [9.17, 15) is 20.1 Å². The van der Waals surface area contributed by atoms with Crippen molar-refractivity contribution in [3.05, 3.63) is 11.6 Å². The summed E-state index contributed by atoms with van der Waals surface area (Å²) >= 11 is 0. The molecule has 32 heavy (non-hydrogen) atoms. The van der Waals surface area contributed by atoms with Crippen LogP contribution in [-0.2, 0) is 9.53 Å². The molecular formula is C25H34N2O5. The Bertz CT molecular complexity index is 910. The highest BCUT2D eigenvalue weighted by Crippen LogP contribution is 2.70. The first kappa shape index (κ1) is 22.1. The third kappa shape index (κ3) is 2.82. The van der Waals surface area contributed by atoms with Crippen LogP contribution in [0.2, 0.25) is 0 Å². The molecule has 5 rings (SSSR count). The molecule has 0 spiro atoms. The predicted molar refractivity (Wildman–Crippen MR) is 116 cm³/mol. The van der Waals surface area contributed by atoms with Crippen LogP contribution in [0.3, 0.4) is 0 Å². The smallest absolute Gasteiger partial charge is 0.331 e. The Morgan fingerprint density at radius 3 is 2.69 bits per heavy atom. The molecule has 0 aromatic carbocycles.